The maximum Gasteiger partial charge on any atom is 0.255 e. The lowest BCUT2D eigenvalue weighted by atomic mass is 10.1. The molecule has 0 bridgehead atoms. The molecule has 2 aromatic rings. The molecule has 1 aromatic carbocycles. The van der Waals surface area contributed by atoms with Crippen molar-refractivity contribution in [3.05, 3.63) is 53.9 Å². The van der Waals surface area contributed by atoms with Gasteiger partial charge in [0.25, 0.3) is 5.91 Å². The Morgan fingerprint density at radius 2 is 1.88 bits per heavy atom. The molecule has 3 rings (SSSR count). The van der Waals surface area contributed by atoms with Gasteiger partial charge in [0.2, 0.25) is 0 Å². The first-order valence-corrected chi connectivity index (χ1v) is 8.77. The van der Waals surface area contributed by atoms with Crippen LogP contribution in [0.3, 0.4) is 0 Å². The van der Waals surface area contributed by atoms with Crippen LogP contribution in [0.4, 0.5) is 0 Å². The summed E-state index contributed by atoms with van der Waals surface area (Å²) >= 11 is 0. The smallest absolute Gasteiger partial charge is 0.255 e. The highest BCUT2D eigenvalue weighted by Gasteiger charge is 2.25. The van der Waals surface area contributed by atoms with Gasteiger partial charge in [0, 0.05) is 37.8 Å². The summed E-state index contributed by atoms with van der Waals surface area (Å²) < 4.78 is 11.7. The van der Waals surface area contributed by atoms with Gasteiger partial charge in [-0.25, -0.2) is 0 Å². The van der Waals surface area contributed by atoms with Crippen LogP contribution in [0.1, 0.15) is 35.8 Å². The molecular formula is C20H24N2O3. The fourth-order valence-corrected chi connectivity index (χ4v) is 2.96. The molecule has 0 saturated carbocycles. The number of aromatic nitrogens is 1. The number of aryl methyl sites for hydroxylation is 1. The highest BCUT2D eigenvalue weighted by atomic mass is 16.5. The van der Waals surface area contributed by atoms with E-state index in [1.165, 1.54) is 0 Å². The summed E-state index contributed by atoms with van der Waals surface area (Å²) in [7, 11) is 0. The average Bonchev–Trinajstić information content (AvgIpc) is 2.64. The van der Waals surface area contributed by atoms with Crippen molar-refractivity contribution in [1.29, 1.82) is 0 Å². The standard InChI is InChI=1S/C20H24N2O3/c1-3-24-18-6-4-5-7-19(18)25-17-10-12-22(13-11-17)20(23)16-9-8-15(2)21-14-16/h4-9,14,17H,3,10-13H2,1-2H3. The lowest BCUT2D eigenvalue weighted by Crippen LogP contribution is -2.41. The molecule has 1 saturated heterocycles. The van der Waals surface area contributed by atoms with Gasteiger partial charge in [0.15, 0.2) is 11.5 Å². The monoisotopic (exact) mass is 340 g/mol. The molecule has 0 atom stereocenters. The topological polar surface area (TPSA) is 51.7 Å². The average molecular weight is 340 g/mol. The first-order valence-electron chi connectivity index (χ1n) is 8.77. The Balaban J connectivity index is 1.57. The van der Waals surface area contributed by atoms with Crippen molar-refractivity contribution < 1.29 is 14.3 Å². The zero-order valence-electron chi connectivity index (χ0n) is 14.8. The fourth-order valence-electron chi connectivity index (χ4n) is 2.96. The number of rotatable bonds is 5. The number of piperidine rings is 1. The lowest BCUT2D eigenvalue weighted by Gasteiger charge is -2.32. The van der Waals surface area contributed by atoms with Crippen molar-refractivity contribution in [3.8, 4) is 11.5 Å². The molecule has 1 aliphatic rings. The van der Waals surface area contributed by atoms with E-state index >= 15 is 0 Å². The van der Waals surface area contributed by atoms with Gasteiger partial charge < -0.3 is 14.4 Å². The quantitative estimate of drug-likeness (QED) is 0.836. The molecule has 1 amide bonds. The Labute approximate surface area is 148 Å². The van der Waals surface area contributed by atoms with Crippen molar-refractivity contribution in [1.82, 2.24) is 9.88 Å². The molecular weight excluding hydrogens is 316 g/mol. The summed E-state index contributed by atoms with van der Waals surface area (Å²) in [6.07, 6.45) is 3.37. The van der Waals surface area contributed by atoms with Crippen LogP contribution in [0.25, 0.3) is 0 Å². The number of ether oxygens (including phenoxy) is 2. The van der Waals surface area contributed by atoms with E-state index < -0.39 is 0 Å². The molecule has 5 nitrogen and oxygen atoms in total. The van der Waals surface area contributed by atoms with Crippen molar-refractivity contribution in [2.45, 2.75) is 32.8 Å². The number of pyridine rings is 1. The minimum atomic E-state index is 0.0423. The van der Waals surface area contributed by atoms with Gasteiger partial charge >= 0.3 is 0 Å². The van der Waals surface area contributed by atoms with Crippen LogP contribution in [0.5, 0.6) is 11.5 Å². The van der Waals surface area contributed by atoms with Crippen LogP contribution in [-0.2, 0) is 0 Å². The van der Waals surface area contributed by atoms with Crippen molar-refractivity contribution >= 4 is 5.91 Å². The first-order chi connectivity index (χ1) is 12.2. The largest absolute Gasteiger partial charge is 0.490 e. The normalized spacial score (nSPS) is 15.0. The molecule has 25 heavy (non-hydrogen) atoms. The Morgan fingerprint density at radius 1 is 1.16 bits per heavy atom. The fraction of sp³-hybridized carbons (Fsp3) is 0.400. The van der Waals surface area contributed by atoms with Gasteiger partial charge in [-0.15, -0.1) is 0 Å². The maximum absolute atomic E-state index is 12.5. The van der Waals surface area contributed by atoms with Gasteiger partial charge in [-0.1, -0.05) is 12.1 Å². The zero-order chi connectivity index (χ0) is 17.6. The SMILES string of the molecule is CCOc1ccccc1OC1CCN(C(=O)c2ccc(C)nc2)CC1. The van der Waals surface area contributed by atoms with Crippen molar-refractivity contribution in [3.63, 3.8) is 0 Å². The van der Waals surface area contributed by atoms with Crippen molar-refractivity contribution in [2.75, 3.05) is 19.7 Å². The van der Waals surface area contributed by atoms with Gasteiger partial charge in [0.1, 0.15) is 6.10 Å². The van der Waals surface area contributed by atoms with Gasteiger partial charge in [0.05, 0.1) is 12.2 Å². The molecule has 0 spiro atoms. The molecule has 0 unspecified atom stereocenters. The van der Waals surface area contributed by atoms with Crippen LogP contribution in [0.2, 0.25) is 0 Å². The summed E-state index contributed by atoms with van der Waals surface area (Å²) in [5.41, 5.74) is 1.56. The predicted molar refractivity (Wildman–Crippen MR) is 96.1 cm³/mol. The highest BCUT2D eigenvalue weighted by Crippen LogP contribution is 2.29. The van der Waals surface area contributed by atoms with E-state index in [0.29, 0.717) is 25.3 Å². The number of nitrogens with zero attached hydrogens (tertiary/aromatic N) is 2. The Hall–Kier alpha value is -2.56. The van der Waals surface area contributed by atoms with E-state index in [1.807, 2.05) is 55.1 Å². The third-order valence-electron chi connectivity index (χ3n) is 4.33. The third kappa shape index (κ3) is 4.29. The molecule has 5 heteroatoms. The Bertz CT molecular complexity index is 707. The maximum atomic E-state index is 12.5. The second-order valence-corrected chi connectivity index (χ2v) is 6.18. The minimum Gasteiger partial charge on any atom is -0.490 e. The van der Waals surface area contributed by atoms with Crippen LogP contribution >= 0.6 is 0 Å². The molecule has 1 aliphatic heterocycles. The summed E-state index contributed by atoms with van der Waals surface area (Å²) in [5.74, 6) is 1.59. The molecule has 0 aliphatic carbocycles. The first kappa shape index (κ1) is 17.3. The summed E-state index contributed by atoms with van der Waals surface area (Å²) in [5, 5.41) is 0. The zero-order valence-corrected chi connectivity index (χ0v) is 14.8. The van der Waals surface area contributed by atoms with Gasteiger partial charge in [-0.05, 0) is 38.1 Å². The van der Waals surface area contributed by atoms with Crippen LogP contribution in [-0.4, -0.2) is 41.6 Å². The summed E-state index contributed by atoms with van der Waals surface area (Å²) in [6.45, 7) is 5.86. The van der Waals surface area contributed by atoms with E-state index in [-0.39, 0.29) is 12.0 Å². The number of hydrogen-bond acceptors (Lipinski definition) is 4. The van der Waals surface area contributed by atoms with Gasteiger partial charge in [-0.3, -0.25) is 9.78 Å². The molecule has 1 fully saturated rings. The van der Waals surface area contributed by atoms with E-state index in [9.17, 15) is 4.79 Å². The number of carbonyl (C=O) groups is 1. The number of benzene rings is 1. The summed E-state index contributed by atoms with van der Waals surface area (Å²) in [6, 6.07) is 11.4. The second-order valence-electron chi connectivity index (χ2n) is 6.18. The Morgan fingerprint density at radius 3 is 2.52 bits per heavy atom. The molecule has 1 aromatic heterocycles. The number of hydrogen-bond donors (Lipinski definition) is 0. The number of carbonyl (C=O) groups excluding carboxylic acids is 1. The van der Waals surface area contributed by atoms with E-state index in [4.69, 9.17) is 9.47 Å². The number of amides is 1. The Kier molecular flexibility index (Phi) is 5.53. The second kappa shape index (κ2) is 8.01. The lowest BCUT2D eigenvalue weighted by molar-refractivity contribution is 0.0589. The van der Waals surface area contributed by atoms with Crippen LogP contribution in [0.15, 0.2) is 42.6 Å². The molecule has 0 N–H and O–H groups in total. The number of likely N-dealkylation sites (tertiary alicyclic amines) is 1. The van der Waals surface area contributed by atoms with Crippen molar-refractivity contribution in [2.24, 2.45) is 0 Å². The molecule has 132 valence electrons. The third-order valence-corrected chi connectivity index (χ3v) is 4.33. The van der Waals surface area contributed by atoms with E-state index in [0.717, 1.165) is 30.0 Å². The highest BCUT2D eigenvalue weighted by molar-refractivity contribution is 5.94. The minimum absolute atomic E-state index is 0.0423. The number of para-hydroxylation sites is 2. The molecule has 0 radical (unpaired) electrons. The van der Waals surface area contributed by atoms with E-state index in [1.54, 1.807) is 6.20 Å². The summed E-state index contributed by atoms with van der Waals surface area (Å²) in [4.78, 5) is 18.6. The van der Waals surface area contributed by atoms with Crippen LogP contribution in [0, 0.1) is 6.92 Å². The van der Waals surface area contributed by atoms with E-state index in [2.05, 4.69) is 4.98 Å². The van der Waals surface area contributed by atoms with Gasteiger partial charge in [-0.2, -0.15) is 0 Å². The predicted octanol–water partition coefficient (Wildman–Crippen LogP) is 3.47. The van der Waals surface area contributed by atoms with Crippen LogP contribution < -0.4 is 9.47 Å². The molecule has 2 heterocycles.